The van der Waals surface area contributed by atoms with Gasteiger partial charge < -0.3 is 15.4 Å². The van der Waals surface area contributed by atoms with E-state index >= 15 is 0 Å². The van der Waals surface area contributed by atoms with E-state index in [0.29, 0.717) is 12.6 Å². The molecule has 6 heteroatoms. The molecule has 1 aromatic carbocycles. The topological polar surface area (TPSA) is 45.7 Å². The Hall–Kier alpha value is -1.27. The molecule has 0 bridgehead atoms. The van der Waals surface area contributed by atoms with E-state index in [-0.39, 0.29) is 11.2 Å². The smallest absolute Gasteiger partial charge is 0.191 e. The van der Waals surface area contributed by atoms with Gasteiger partial charge in [-0.3, -0.25) is 4.99 Å². The molecule has 0 spiro atoms. The van der Waals surface area contributed by atoms with Gasteiger partial charge in [0, 0.05) is 36.5 Å². The fraction of sp³-hybridized carbons (Fsp3) is 0.667. The fourth-order valence-electron chi connectivity index (χ4n) is 4.13. The molecular formula is C21H32FN3OS. The lowest BCUT2D eigenvalue weighted by atomic mass is 9.74. The van der Waals surface area contributed by atoms with Gasteiger partial charge in [0.15, 0.2) is 5.96 Å². The van der Waals surface area contributed by atoms with Crippen LogP contribution in [-0.2, 0) is 10.2 Å². The zero-order valence-electron chi connectivity index (χ0n) is 16.5. The minimum atomic E-state index is -0.191. The molecule has 2 fully saturated rings. The molecule has 27 heavy (non-hydrogen) atoms. The molecule has 0 amide bonds. The Balaban J connectivity index is 1.73. The Morgan fingerprint density at radius 1 is 1.26 bits per heavy atom. The van der Waals surface area contributed by atoms with Gasteiger partial charge in [-0.05, 0) is 63.0 Å². The molecular weight excluding hydrogens is 361 g/mol. The maximum Gasteiger partial charge on any atom is 0.191 e. The van der Waals surface area contributed by atoms with Gasteiger partial charge in [0.1, 0.15) is 5.82 Å². The van der Waals surface area contributed by atoms with Crippen molar-refractivity contribution >= 4 is 17.7 Å². The summed E-state index contributed by atoms with van der Waals surface area (Å²) in [5.74, 6) is 0.710. The second-order valence-electron chi connectivity index (χ2n) is 7.61. The quantitative estimate of drug-likeness (QED) is 0.571. The molecule has 1 aromatic rings. The highest BCUT2D eigenvalue weighted by molar-refractivity contribution is 7.99. The molecule has 2 unspecified atom stereocenters. The molecule has 2 atom stereocenters. The monoisotopic (exact) mass is 393 g/mol. The number of thioether (sulfide) groups is 1. The first-order chi connectivity index (χ1) is 13.1. The van der Waals surface area contributed by atoms with Gasteiger partial charge in [-0.1, -0.05) is 12.1 Å². The van der Waals surface area contributed by atoms with Crippen LogP contribution in [0.2, 0.25) is 0 Å². The number of ether oxygens (including phenoxy) is 1. The molecule has 1 heterocycles. The van der Waals surface area contributed by atoms with E-state index in [1.165, 1.54) is 19.3 Å². The lowest BCUT2D eigenvalue weighted by Gasteiger charge is -2.36. The van der Waals surface area contributed by atoms with E-state index in [1.807, 2.05) is 23.9 Å². The van der Waals surface area contributed by atoms with Crippen molar-refractivity contribution in [3.05, 3.63) is 35.6 Å². The van der Waals surface area contributed by atoms with E-state index in [2.05, 4.69) is 23.8 Å². The Labute approximate surface area is 166 Å². The van der Waals surface area contributed by atoms with E-state index in [1.54, 1.807) is 12.1 Å². The summed E-state index contributed by atoms with van der Waals surface area (Å²) in [6.45, 7) is 5.09. The highest BCUT2D eigenvalue weighted by Crippen LogP contribution is 2.35. The summed E-state index contributed by atoms with van der Waals surface area (Å²) < 4.78 is 19.0. The van der Waals surface area contributed by atoms with Gasteiger partial charge >= 0.3 is 0 Å². The Kier molecular flexibility index (Phi) is 7.41. The molecule has 1 saturated carbocycles. The van der Waals surface area contributed by atoms with Gasteiger partial charge in [0.05, 0.1) is 6.54 Å². The first-order valence-electron chi connectivity index (χ1n) is 10.1. The number of benzene rings is 1. The van der Waals surface area contributed by atoms with E-state index < -0.39 is 0 Å². The Morgan fingerprint density at radius 2 is 2.00 bits per heavy atom. The van der Waals surface area contributed by atoms with Gasteiger partial charge in [0.25, 0.3) is 0 Å². The Bertz CT molecular complexity index is 616. The van der Waals surface area contributed by atoms with Crippen LogP contribution in [0.15, 0.2) is 29.3 Å². The van der Waals surface area contributed by atoms with E-state index in [0.717, 1.165) is 49.4 Å². The minimum absolute atomic E-state index is 0.0776. The maximum absolute atomic E-state index is 13.4. The van der Waals surface area contributed by atoms with Gasteiger partial charge in [-0.2, -0.15) is 11.8 Å². The van der Waals surface area contributed by atoms with Gasteiger partial charge in [-0.25, -0.2) is 4.39 Å². The van der Waals surface area contributed by atoms with Crippen molar-refractivity contribution in [2.45, 2.75) is 55.7 Å². The molecule has 1 aliphatic heterocycles. The van der Waals surface area contributed by atoms with E-state index in [4.69, 9.17) is 9.73 Å². The van der Waals surface area contributed by atoms with Crippen molar-refractivity contribution in [2.75, 3.05) is 32.6 Å². The molecule has 2 aliphatic rings. The van der Waals surface area contributed by atoms with Gasteiger partial charge in [-0.15, -0.1) is 0 Å². The lowest BCUT2D eigenvalue weighted by molar-refractivity contribution is 0.0530. The first kappa shape index (κ1) is 20.5. The van der Waals surface area contributed by atoms with Crippen LogP contribution in [0.25, 0.3) is 0 Å². The molecule has 0 radical (unpaired) electrons. The van der Waals surface area contributed by atoms with Crippen LogP contribution < -0.4 is 10.6 Å². The predicted molar refractivity (Wildman–Crippen MR) is 112 cm³/mol. The third kappa shape index (κ3) is 5.38. The third-order valence-electron chi connectivity index (χ3n) is 5.85. The lowest BCUT2D eigenvalue weighted by Crippen LogP contribution is -2.44. The van der Waals surface area contributed by atoms with E-state index in [9.17, 15) is 4.39 Å². The number of nitrogens with one attached hydrogen (secondary N) is 2. The molecule has 2 N–H and O–H groups in total. The third-order valence-corrected chi connectivity index (χ3v) is 6.94. The average molecular weight is 394 g/mol. The standard InChI is InChI=1S/C21H32FN3OS/c1-3-23-20(25-18-8-9-19(14-18)27-2)24-15-21(10-12-26-13-11-21)16-4-6-17(22)7-5-16/h4-7,18-19H,3,8-15H2,1-2H3,(H2,23,24,25). The Morgan fingerprint density at radius 3 is 2.63 bits per heavy atom. The van der Waals surface area contributed by atoms with Crippen LogP contribution in [0.4, 0.5) is 4.39 Å². The number of guanidine groups is 1. The SMILES string of the molecule is CCNC(=NCC1(c2ccc(F)cc2)CCOCC1)NC1CCC(SC)C1. The zero-order chi connectivity index (χ0) is 19.1. The van der Waals surface area contributed by atoms with Crippen LogP contribution in [-0.4, -0.2) is 49.8 Å². The normalized spacial score (nSPS) is 25.4. The second kappa shape index (κ2) is 9.78. The highest BCUT2D eigenvalue weighted by atomic mass is 32.2. The van der Waals surface area contributed by atoms with Crippen LogP contribution >= 0.6 is 11.8 Å². The van der Waals surface area contributed by atoms with Crippen molar-refractivity contribution in [1.29, 1.82) is 0 Å². The molecule has 1 aliphatic carbocycles. The summed E-state index contributed by atoms with van der Waals surface area (Å²) in [4.78, 5) is 4.96. The number of hydrogen-bond acceptors (Lipinski definition) is 3. The number of halogens is 1. The molecule has 4 nitrogen and oxygen atoms in total. The van der Waals surface area contributed by atoms with Crippen LogP contribution in [0, 0.1) is 5.82 Å². The number of aliphatic imine (C=N–C) groups is 1. The first-order valence-corrected chi connectivity index (χ1v) is 11.4. The average Bonchev–Trinajstić information content (AvgIpc) is 3.15. The summed E-state index contributed by atoms with van der Waals surface area (Å²) in [6, 6.07) is 7.44. The van der Waals surface area contributed by atoms with Crippen molar-refractivity contribution in [2.24, 2.45) is 4.99 Å². The number of hydrogen-bond donors (Lipinski definition) is 2. The van der Waals surface area contributed by atoms with Crippen LogP contribution in [0.3, 0.4) is 0 Å². The predicted octanol–water partition coefficient (Wildman–Crippen LogP) is 3.71. The molecule has 3 rings (SSSR count). The van der Waals surface area contributed by atoms with Crippen molar-refractivity contribution in [3.63, 3.8) is 0 Å². The summed E-state index contributed by atoms with van der Waals surface area (Å²) in [7, 11) is 0. The summed E-state index contributed by atoms with van der Waals surface area (Å²) in [5, 5.41) is 7.79. The molecule has 150 valence electrons. The van der Waals surface area contributed by atoms with Crippen LogP contribution in [0.1, 0.15) is 44.6 Å². The fourth-order valence-corrected chi connectivity index (χ4v) is 4.93. The van der Waals surface area contributed by atoms with Crippen LogP contribution in [0.5, 0.6) is 0 Å². The summed E-state index contributed by atoms with van der Waals surface area (Å²) in [5.41, 5.74) is 1.08. The minimum Gasteiger partial charge on any atom is -0.381 e. The largest absolute Gasteiger partial charge is 0.381 e. The molecule has 1 saturated heterocycles. The highest BCUT2D eigenvalue weighted by Gasteiger charge is 2.34. The van der Waals surface area contributed by atoms with Crippen molar-refractivity contribution in [3.8, 4) is 0 Å². The zero-order valence-corrected chi connectivity index (χ0v) is 17.3. The number of rotatable bonds is 6. The summed E-state index contributed by atoms with van der Waals surface area (Å²) >= 11 is 1.97. The second-order valence-corrected chi connectivity index (χ2v) is 8.74. The number of nitrogens with zero attached hydrogens (tertiary/aromatic N) is 1. The maximum atomic E-state index is 13.4. The molecule has 0 aromatic heterocycles. The van der Waals surface area contributed by atoms with Crippen molar-refractivity contribution in [1.82, 2.24) is 10.6 Å². The van der Waals surface area contributed by atoms with Gasteiger partial charge in [0.2, 0.25) is 0 Å². The van der Waals surface area contributed by atoms with Crippen molar-refractivity contribution < 1.29 is 9.13 Å². The summed E-state index contributed by atoms with van der Waals surface area (Å²) in [6.07, 6.45) is 7.70.